The molecule has 2 amide bonds. The van der Waals surface area contributed by atoms with Gasteiger partial charge in [0.25, 0.3) is 0 Å². The topological polar surface area (TPSA) is 112 Å². The van der Waals surface area contributed by atoms with E-state index in [0.717, 1.165) is 17.0 Å². The third-order valence-corrected chi connectivity index (χ3v) is 5.65. The fourth-order valence-corrected chi connectivity index (χ4v) is 3.56. The smallest absolute Gasteiger partial charge is 0.323 e. The number of anilines is 2. The van der Waals surface area contributed by atoms with Gasteiger partial charge in [-0.15, -0.1) is 0 Å². The van der Waals surface area contributed by atoms with Gasteiger partial charge in [0, 0.05) is 29.2 Å². The Hall–Kier alpha value is -4.60. The van der Waals surface area contributed by atoms with Crippen molar-refractivity contribution in [3.63, 3.8) is 0 Å². The molecule has 0 spiro atoms. The summed E-state index contributed by atoms with van der Waals surface area (Å²) in [5, 5.41) is 10.1. The predicted octanol–water partition coefficient (Wildman–Crippen LogP) is 5.35. The van der Waals surface area contributed by atoms with Crippen LogP contribution in [0.25, 0.3) is 5.82 Å². The number of carbonyl (C=O) groups is 1. The van der Waals surface area contributed by atoms with Crippen LogP contribution in [0.1, 0.15) is 22.8 Å². The van der Waals surface area contributed by atoms with E-state index in [1.54, 1.807) is 67.2 Å². The summed E-state index contributed by atoms with van der Waals surface area (Å²) in [7, 11) is 3.09. The molecule has 2 N–H and O–H groups in total. The van der Waals surface area contributed by atoms with E-state index in [-0.39, 0.29) is 0 Å². The van der Waals surface area contributed by atoms with Crippen molar-refractivity contribution in [1.82, 2.24) is 19.7 Å². The Bertz CT molecular complexity index is 1400. The third kappa shape index (κ3) is 5.38. The second kappa shape index (κ2) is 10.3. The highest BCUT2D eigenvalue weighted by molar-refractivity contribution is 5.99. The molecular formula is C26H28N6O4. The number of carbonyl (C=O) groups excluding carboxylic acids is 1. The van der Waals surface area contributed by atoms with E-state index in [2.05, 4.69) is 25.7 Å². The van der Waals surface area contributed by atoms with Crippen LogP contribution in [0.3, 0.4) is 0 Å². The number of nitrogens with zero attached hydrogens (tertiary/aromatic N) is 4. The van der Waals surface area contributed by atoms with Crippen LogP contribution >= 0.6 is 0 Å². The standard InChI is InChI=1S/C26H28N6O4/c1-15-16(2)31-32(17(15)3)24-14-25(28-18(4)27-24)36-21-10-7-19(8-11-21)29-26(33)30-20-9-12-22(34-5)23(13-20)35-6/h7-14H,1-6H3,(H2,29,30,33). The molecule has 4 aromatic rings. The van der Waals surface area contributed by atoms with Crippen molar-refractivity contribution in [3.05, 3.63) is 71.3 Å². The summed E-state index contributed by atoms with van der Waals surface area (Å²) in [5.74, 6) is 3.26. The molecule has 0 radical (unpaired) electrons. The van der Waals surface area contributed by atoms with E-state index in [0.29, 0.717) is 46.1 Å². The van der Waals surface area contributed by atoms with Crippen molar-refractivity contribution in [1.29, 1.82) is 0 Å². The highest BCUT2D eigenvalue weighted by Crippen LogP contribution is 2.30. The first-order valence-electron chi connectivity index (χ1n) is 11.2. The number of benzene rings is 2. The van der Waals surface area contributed by atoms with Gasteiger partial charge in [0.1, 0.15) is 11.6 Å². The van der Waals surface area contributed by atoms with Crippen molar-refractivity contribution < 1.29 is 19.0 Å². The molecule has 0 atom stereocenters. The molecule has 186 valence electrons. The molecule has 2 aromatic carbocycles. The van der Waals surface area contributed by atoms with Crippen molar-refractivity contribution in [2.75, 3.05) is 24.9 Å². The summed E-state index contributed by atoms with van der Waals surface area (Å²) in [5.41, 5.74) is 4.24. The summed E-state index contributed by atoms with van der Waals surface area (Å²) in [4.78, 5) is 21.3. The number of hydrogen-bond acceptors (Lipinski definition) is 7. The molecule has 2 aromatic heterocycles. The Morgan fingerprint density at radius 3 is 2.14 bits per heavy atom. The van der Waals surface area contributed by atoms with Gasteiger partial charge < -0.3 is 24.8 Å². The van der Waals surface area contributed by atoms with Crippen LogP contribution in [-0.2, 0) is 0 Å². The highest BCUT2D eigenvalue weighted by atomic mass is 16.5. The maximum absolute atomic E-state index is 12.4. The second-order valence-corrected chi connectivity index (χ2v) is 8.09. The molecule has 0 bridgehead atoms. The fraction of sp³-hybridized carbons (Fsp3) is 0.231. The number of nitrogens with one attached hydrogen (secondary N) is 2. The van der Waals surface area contributed by atoms with E-state index < -0.39 is 6.03 Å². The Kier molecular flexibility index (Phi) is 7.05. The zero-order valence-corrected chi connectivity index (χ0v) is 21.0. The van der Waals surface area contributed by atoms with Crippen LogP contribution < -0.4 is 24.8 Å². The van der Waals surface area contributed by atoms with E-state index >= 15 is 0 Å². The van der Waals surface area contributed by atoms with Crippen molar-refractivity contribution in [2.45, 2.75) is 27.7 Å². The lowest BCUT2D eigenvalue weighted by molar-refractivity contribution is 0.262. The minimum atomic E-state index is -0.396. The van der Waals surface area contributed by atoms with Crippen LogP contribution in [0.2, 0.25) is 0 Å². The Morgan fingerprint density at radius 1 is 0.833 bits per heavy atom. The molecule has 0 fully saturated rings. The quantitative estimate of drug-likeness (QED) is 0.361. The first-order valence-corrected chi connectivity index (χ1v) is 11.2. The summed E-state index contributed by atoms with van der Waals surface area (Å²) < 4.78 is 18.2. The second-order valence-electron chi connectivity index (χ2n) is 8.09. The van der Waals surface area contributed by atoms with Gasteiger partial charge in [-0.25, -0.2) is 14.5 Å². The largest absolute Gasteiger partial charge is 0.493 e. The number of hydrogen-bond donors (Lipinski definition) is 2. The number of aryl methyl sites for hydroxylation is 2. The van der Waals surface area contributed by atoms with Gasteiger partial charge in [-0.3, -0.25) is 0 Å². The molecule has 0 saturated carbocycles. The molecule has 10 heteroatoms. The lowest BCUT2D eigenvalue weighted by atomic mass is 10.2. The van der Waals surface area contributed by atoms with Gasteiger partial charge in [0.15, 0.2) is 17.3 Å². The molecule has 0 aliphatic heterocycles. The van der Waals surface area contributed by atoms with E-state index in [1.165, 1.54) is 7.11 Å². The van der Waals surface area contributed by atoms with E-state index in [4.69, 9.17) is 14.2 Å². The van der Waals surface area contributed by atoms with Crippen LogP contribution in [0.5, 0.6) is 23.1 Å². The maximum atomic E-state index is 12.4. The van der Waals surface area contributed by atoms with Crippen molar-refractivity contribution in [3.8, 4) is 28.9 Å². The zero-order valence-electron chi connectivity index (χ0n) is 21.0. The van der Waals surface area contributed by atoms with Crippen molar-refractivity contribution in [2.24, 2.45) is 0 Å². The van der Waals surface area contributed by atoms with Crippen LogP contribution in [0, 0.1) is 27.7 Å². The minimum Gasteiger partial charge on any atom is -0.493 e. The van der Waals surface area contributed by atoms with Crippen LogP contribution in [0.4, 0.5) is 16.2 Å². The number of methoxy groups -OCH3 is 2. The Morgan fingerprint density at radius 2 is 1.50 bits per heavy atom. The minimum absolute atomic E-state index is 0.396. The molecule has 0 aliphatic rings. The lowest BCUT2D eigenvalue weighted by Gasteiger charge is -2.12. The Balaban J connectivity index is 1.43. The summed E-state index contributed by atoms with van der Waals surface area (Å²) in [6.07, 6.45) is 0. The molecule has 36 heavy (non-hydrogen) atoms. The summed E-state index contributed by atoms with van der Waals surface area (Å²) >= 11 is 0. The first kappa shape index (κ1) is 24.5. The summed E-state index contributed by atoms with van der Waals surface area (Å²) in [6, 6.07) is 13.4. The monoisotopic (exact) mass is 488 g/mol. The molecule has 4 rings (SSSR count). The molecular weight excluding hydrogens is 460 g/mol. The lowest BCUT2D eigenvalue weighted by Crippen LogP contribution is -2.19. The highest BCUT2D eigenvalue weighted by Gasteiger charge is 2.13. The predicted molar refractivity (Wildman–Crippen MR) is 137 cm³/mol. The molecule has 0 unspecified atom stereocenters. The van der Waals surface area contributed by atoms with Gasteiger partial charge in [-0.2, -0.15) is 10.1 Å². The number of aromatic nitrogens is 4. The average molecular weight is 489 g/mol. The number of urea groups is 1. The third-order valence-electron chi connectivity index (χ3n) is 5.65. The first-order chi connectivity index (χ1) is 17.3. The number of rotatable bonds is 7. The molecule has 2 heterocycles. The summed E-state index contributed by atoms with van der Waals surface area (Å²) in [6.45, 7) is 7.80. The molecule has 10 nitrogen and oxygen atoms in total. The van der Waals surface area contributed by atoms with Crippen molar-refractivity contribution >= 4 is 17.4 Å². The van der Waals surface area contributed by atoms with E-state index in [9.17, 15) is 4.79 Å². The van der Waals surface area contributed by atoms with Gasteiger partial charge in [0.2, 0.25) is 5.88 Å². The van der Waals surface area contributed by atoms with Gasteiger partial charge in [-0.05, 0) is 69.7 Å². The van der Waals surface area contributed by atoms with E-state index in [1.807, 2.05) is 20.8 Å². The van der Waals surface area contributed by atoms with Gasteiger partial charge >= 0.3 is 6.03 Å². The SMILES string of the molecule is COc1ccc(NC(=O)Nc2ccc(Oc3cc(-n4nc(C)c(C)c4C)nc(C)n3)cc2)cc1OC. The number of amides is 2. The van der Waals surface area contributed by atoms with Gasteiger partial charge in [0.05, 0.1) is 19.9 Å². The zero-order chi connectivity index (χ0) is 25.8. The Labute approximate surface area is 209 Å². The molecule has 0 saturated heterocycles. The number of ether oxygens (including phenoxy) is 3. The molecule has 0 aliphatic carbocycles. The normalized spacial score (nSPS) is 10.6. The maximum Gasteiger partial charge on any atom is 0.323 e. The van der Waals surface area contributed by atoms with Gasteiger partial charge in [-0.1, -0.05) is 0 Å². The average Bonchev–Trinajstić information content (AvgIpc) is 3.12. The van der Waals surface area contributed by atoms with Crippen LogP contribution in [0.15, 0.2) is 48.5 Å². The fourth-order valence-electron chi connectivity index (χ4n) is 3.56. The van der Waals surface area contributed by atoms with Crippen LogP contribution in [-0.4, -0.2) is 40.0 Å².